The van der Waals surface area contributed by atoms with Gasteiger partial charge < -0.3 is 14.5 Å². The molecular weight excluding hydrogens is 246 g/mol. The average Bonchev–Trinajstić information content (AvgIpc) is 2.84. The molecule has 1 N–H and O–H groups in total. The summed E-state index contributed by atoms with van der Waals surface area (Å²) in [5.41, 5.74) is 0.472. The Morgan fingerprint density at radius 1 is 1.42 bits per heavy atom. The molecule has 1 atom stereocenters. The predicted octanol–water partition coefficient (Wildman–Crippen LogP) is 2.16. The molecule has 0 aliphatic rings. The lowest BCUT2D eigenvalue weighted by atomic mass is 10.0. The summed E-state index contributed by atoms with van der Waals surface area (Å²) >= 11 is 0. The summed E-state index contributed by atoms with van der Waals surface area (Å²) in [6.45, 7) is 5.87. The van der Waals surface area contributed by atoms with Crippen molar-refractivity contribution in [2.24, 2.45) is 5.92 Å². The third-order valence-corrected chi connectivity index (χ3v) is 2.81. The fraction of sp³-hybridized carbons (Fsp3) is 0.571. The summed E-state index contributed by atoms with van der Waals surface area (Å²) in [5, 5.41) is 2.70. The molecule has 106 valence electrons. The van der Waals surface area contributed by atoms with Crippen LogP contribution in [0, 0.1) is 5.92 Å². The van der Waals surface area contributed by atoms with Gasteiger partial charge >= 0.3 is 5.97 Å². The van der Waals surface area contributed by atoms with E-state index in [4.69, 9.17) is 9.15 Å². The lowest BCUT2D eigenvalue weighted by Gasteiger charge is -2.18. The second kappa shape index (κ2) is 6.97. The van der Waals surface area contributed by atoms with E-state index in [1.54, 1.807) is 6.07 Å². The number of amides is 1. The van der Waals surface area contributed by atoms with Crippen LogP contribution in [0.25, 0.3) is 0 Å². The lowest BCUT2D eigenvalue weighted by Crippen LogP contribution is -2.42. The van der Waals surface area contributed by atoms with Crippen LogP contribution in [0.3, 0.4) is 0 Å². The maximum Gasteiger partial charge on any atom is 0.328 e. The van der Waals surface area contributed by atoms with Gasteiger partial charge in [-0.05, 0) is 18.4 Å². The first-order chi connectivity index (χ1) is 8.99. The van der Waals surface area contributed by atoms with Crippen LogP contribution in [0.4, 0.5) is 0 Å². The van der Waals surface area contributed by atoms with Gasteiger partial charge in [0, 0.05) is 6.42 Å². The molecule has 5 nitrogen and oxygen atoms in total. The van der Waals surface area contributed by atoms with Gasteiger partial charge in [-0.15, -0.1) is 0 Å². The summed E-state index contributed by atoms with van der Waals surface area (Å²) in [6.07, 6.45) is 2.64. The second-order valence-corrected chi connectivity index (χ2v) is 4.79. The third kappa shape index (κ3) is 4.12. The molecule has 1 amide bonds. The third-order valence-electron chi connectivity index (χ3n) is 2.81. The number of carbonyl (C=O) groups excluding carboxylic acids is 2. The number of hydrogen-bond donors (Lipinski definition) is 1. The molecule has 0 saturated heterocycles. The Bertz CT molecular complexity index is 436. The van der Waals surface area contributed by atoms with E-state index in [1.165, 1.54) is 13.4 Å². The first-order valence-electron chi connectivity index (χ1n) is 6.44. The van der Waals surface area contributed by atoms with Crippen LogP contribution in [0.2, 0.25) is 0 Å². The number of hydrogen-bond acceptors (Lipinski definition) is 4. The predicted molar refractivity (Wildman–Crippen MR) is 70.8 cm³/mol. The number of aryl methyl sites for hydroxylation is 1. The highest BCUT2D eigenvalue weighted by atomic mass is 16.5. The van der Waals surface area contributed by atoms with E-state index in [1.807, 2.05) is 20.8 Å². The molecule has 0 fully saturated rings. The molecule has 0 bridgehead atoms. The van der Waals surface area contributed by atoms with Gasteiger partial charge in [-0.25, -0.2) is 4.79 Å². The second-order valence-electron chi connectivity index (χ2n) is 4.79. The van der Waals surface area contributed by atoms with Crippen LogP contribution < -0.4 is 5.32 Å². The Hall–Kier alpha value is -1.78. The molecule has 1 aromatic rings. The van der Waals surface area contributed by atoms with Crippen molar-refractivity contribution in [3.05, 3.63) is 23.7 Å². The molecule has 1 unspecified atom stereocenters. The van der Waals surface area contributed by atoms with Crippen LogP contribution in [-0.4, -0.2) is 25.0 Å². The van der Waals surface area contributed by atoms with Crippen molar-refractivity contribution in [1.29, 1.82) is 0 Å². The van der Waals surface area contributed by atoms with Gasteiger partial charge in [0.2, 0.25) is 0 Å². The van der Waals surface area contributed by atoms with Crippen LogP contribution in [0.5, 0.6) is 0 Å². The van der Waals surface area contributed by atoms with E-state index in [0.717, 1.165) is 0 Å². The van der Waals surface area contributed by atoms with Crippen molar-refractivity contribution in [3.8, 4) is 0 Å². The summed E-state index contributed by atoms with van der Waals surface area (Å²) in [7, 11) is 1.32. The van der Waals surface area contributed by atoms with Crippen molar-refractivity contribution >= 4 is 11.9 Å². The largest absolute Gasteiger partial charge is 0.469 e. The Morgan fingerprint density at radius 3 is 2.63 bits per heavy atom. The highest BCUT2D eigenvalue weighted by Gasteiger charge is 2.24. The standard InChI is InChI=1S/C14H21NO4/c1-5-12-10(6-7-19-12)13(16)15-11(8-9(2)3)14(17)18-4/h6-7,9,11H,5,8H2,1-4H3,(H,15,16). The number of rotatable bonds is 6. The summed E-state index contributed by atoms with van der Waals surface area (Å²) < 4.78 is 9.92. The SMILES string of the molecule is CCc1occc1C(=O)NC(CC(C)C)C(=O)OC. The number of ether oxygens (including phenoxy) is 1. The minimum absolute atomic E-state index is 0.277. The topological polar surface area (TPSA) is 68.5 Å². The lowest BCUT2D eigenvalue weighted by molar-refractivity contribution is -0.143. The first-order valence-corrected chi connectivity index (χ1v) is 6.44. The van der Waals surface area contributed by atoms with Gasteiger partial charge in [-0.1, -0.05) is 20.8 Å². The van der Waals surface area contributed by atoms with E-state index in [0.29, 0.717) is 24.2 Å². The Morgan fingerprint density at radius 2 is 2.11 bits per heavy atom. The van der Waals surface area contributed by atoms with Crippen molar-refractivity contribution in [1.82, 2.24) is 5.32 Å². The molecule has 19 heavy (non-hydrogen) atoms. The molecule has 0 aliphatic carbocycles. The van der Waals surface area contributed by atoms with Crippen molar-refractivity contribution in [2.45, 2.75) is 39.7 Å². The molecular formula is C14H21NO4. The average molecular weight is 267 g/mol. The molecule has 0 aliphatic heterocycles. The van der Waals surface area contributed by atoms with E-state index < -0.39 is 12.0 Å². The van der Waals surface area contributed by atoms with Gasteiger partial charge in [0.25, 0.3) is 5.91 Å². The summed E-state index contributed by atoms with van der Waals surface area (Å²) in [5.74, 6) is 0.162. The zero-order valence-electron chi connectivity index (χ0n) is 11.9. The van der Waals surface area contributed by atoms with Crippen molar-refractivity contribution in [3.63, 3.8) is 0 Å². The fourth-order valence-corrected chi connectivity index (χ4v) is 1.88. The van der Waals surface area contributed by atoms with Gasteiger partial charge in [0.15, 0.2) is 0 Å². The molecule has 0 saturated carbocycles. The maximum absolute atomic E-state index is 12.1. The number of methoxy groups -OCH3 is 1. The summed E-state index contributed by atoms with van der Waals surface area (Å²) in [4.78, 5) is 23.8. The number of esters is 1. The number of carbonyl (C=O) groups is 2. The van der Waals surface area contributed by atoms with E-state index in [-0.39, 0.29) is 11.8 Å². The van der Waals surface area contributed by atoms with E-state index >= 15 is 0 Å². The maximum atomic E-state index is 12.1. The van der Waals surface area contributed by atoms with Crippen molar-refractivity contribution < 1.29 is 18.7 Å². The quantitative estimate of drug-likeness (QED) is 0.802. The Kier molecular flexibility index (Phi) is 5.60. The Balaban J connectivity index is 2.78. The molecule has 5 heteroatoms. The minimum Gasteiger partial charge on any atom is -0.469 e. The van der Waals surface area contributed by atoms with Gasteiger partial charge in [0.05, 0.1) is 18.9 Å². The molecule has 0 aromatic carbocycles. The molecule has 1 aromatic heterocycles. The minimum atomic E-state index is -0.628. The van der Waals surface area contributed by atoms with Gasteiger partial charge in [-0.3, -0.25) is 4.79 Å². The number of nitrogens with one attached hydrogen (secondary N) is 1. The molecule has 1 rings (SSSR count). The highest BCUT2D eigenvalue weighted by Crippen LogP contribution is 2.13. The normalized spacial score (nSPS) is 12.3. The van der Waals surface area contributed by atoms with Gasteiger partial charge in [-0.2, -0.15) is 0 Å². The first kappa shape index (κ1) is 15.3. The number of furan rings is 1. The van der Waals surface area contributed by atoms with Crippen LogP contribution in [-0.2, 0) is 16.0 Å². The smallest absolute Gasteiger partial charge is 0.328 e. The Labute approximate surface area is 113 Å². The van der Waals surface area contributed by atoms with Crippen LogP contribution >= 0.6 is 0 Å². The fourth-order valence-electron chi connectivity index (χ4n) is 1.88. The van der Waals surface area contributed by atoms with E-state index in [9.17, 15) is 9.59 Å². The zero-order valence-corrected chi connectivity index (χ0v) is 11.9. The van der Waals surface area contributed by atoms with Crippen LogP contribution in [0.15, 0.2) is 16.7 Å². The monoisotopic (exact) mass is 267 g/mol. The molecule has 1 heterocycles. The van der Waals surface area contributed by atoms with Crippen molar-refractivity contribution in [2.75, 3.05) is 7.11 Å². The van der Waals surface area contributed by atoms with Crippen LogP contribution in [0.1, 0.15) is 43.3 Å². The van der Waals surface area contributed by atoms with Gasteiger partial charge in [0.1, 0.15) is 11.8 Å². The molecule has 0 radical (unpaired) electrons. The highest BCUT2D eigenvalue weighted by molar-refractivity contribution is 5.97. The van der Waals surface area contributed by atoms with E-state index in [2.05, 4.69) is 5.32 Å². The molecule has 0 spiro atoms. The zero-order chi connectivity index (χ0) is 14.4. The summed E-state index contributed by atoms with van der Waals surface area (Å²) in [6, 6.07) is 0.981.